The lowest BCUT2D eigenvalue weighted by molar-refractivity contribution is -0.129. The number of benzene rings is 2. The predicted octanol–water partition coefficient (Wildman–Crippen LogP) is 5.17. The van der Waals surface area contributed by atoms with E-state index in [1.165, 1.54) is 19.1 Å². The lowest BCUT2D eigenvalue weighted by Crippen LogP contribution is -2.34. The van der Waals surface area contributed by atoms with E-state index in [-0.39, 0.29) is 11.6 Å². The number of ether oxygens (including phenoxy) is 1. The van der Waals surface area contributed by atoms with Crippen molar-refractivity contribution in [2.75, 3.05) is 0 Å². The number of aryl methyl sites for hydroxylation is 2. The molecule has 0 unspecified atom stereocenters. The Morgan fingerprint density at radius 1 is 1.26 bits per heavy atom. The maximum atomic E-state index is 14.2. The summed E-state index contributed by atoms with van der Waals surface area (Å²) in [5, 5.41) is 20.5. The second-order valence-electron chi connectivity index (χ2n) is 8.54. The molecule has 4 aromatic rings. The number of aromatic amines is 1. The number of carbonyl (C=O) groups is 1. The summed E-state index contributed by atoms with van der Waals surface area (Å²) in [6.07, 6.45) is 0.575. The average molecular weight is 497 g/mol. The molecule has 2 aromatic heterocycles. The van der Waals surface area contributed by atoms with Crippen molar-refractivity contribution in [3.8, 4) is 17.0 Å². The second kappa shape index (κ2) is 10.0. The van der Waals surface area contributed by atoms with Gasteiger partial charge in [0.2, 0.25) is 5.91 Å². The Labute approximate surface area is 207 Å². The summed E-state index contributed by atoms with van der Waals surface area (Å²) in [5.41, 5.74) is 5.36. The molecule has 0 fully saturated rings. The van der Waals surface area contributed by atoms with E-state index >= 15 is 0 Å². The quantitative estimate of drug-likeness (QED) is 0.327. The van der Waals surface area contributed by atoms with E-state index in [1.54, 1.807) is 13.1 Å². The maximum Gasteiger partial charge on any atom is 0.249 e. The lowest BCUT2D eigenvalue weighted by atomic mass is 10.0. The van der Waals surface area contributed by atoms with Crippen molar-refractivity contribution >= 4 is 28.4 Å². The smallest absolute Gasteiger partial charge is 0.249 e. The largest absolute Gasteiger partial charge is 0.487 e. The van der Waals surface area contributed by atoms with Crippen LogP contribution in [0.4, 0.5) is 4.39 Å². The van der Waals surface area contributed by atoms with Crippen molar-refractivity contribution in [1.29, 1.82) is 0 Å². The number of halogens is 2. The first-order chi connectivity index (χ1) is 16.7. The van der Waals surface area contributed by atoms with Crippen LogP contribution in [0.15, 0.2) is 42.6 Å². The molecule has 0 radical (unpaired) electrons. The molecule has 0 spiro atoms. The average Bonchev–Trinajstić information content (AvgIpc) is 3.23. The first kappa shape index (κ1) is 24.6. The number of aliphatic hydroxyl groups is 1. The fourth-order valence-corrected chi connectivity index (χ4v) is 4.28. The van der Waals surface area contributed by atoms with Gasteiger partial charge in [0.1, 0.15) is 29.8 Å². The predicted molar refractivity (Wildman–Crippen MR) is 133 cm³/mol. The molecule has 35 heavy (non-hydrogen) atoms. The fourth-order valence-electron chi connectivity index (χ4n) is 4.02. The Kier molecular flexibility index (Phi) is 7.05. The number of nitrogens with one attached hydrogen (secondary N) is 2. The van der Waals surface area contributed by atoms with Gasteiger partial charge in [-0.2, -0.15) is 5.10 Å². The van der Waals surface area contributed by atoms with Crippen molar-refractivity contribution in [3.05, 3.63) is 75.8 Å². The number of H-pyrrole nitrogens is 1. The molecule has 0 aliphatic rings. The van der Waals surface area contributed by atoms with E-state index in [4.69, 9.17) is 21.3 Å². The Hall–Kier alpha value is -3.49. The third kappa shape index (κ3) is 5.13. The molecule has 0 bridgehead atoms. The summed E-state index contributed by atoms with van der Waals surface area (Å²) in [6.45, 7) is 6.97. The number of nitrogens with zero attached hydrogens (tertiary/aromatic N) is 2. The Morgan fingerprint density at radius 3 is 2.71 bits per heavy atom. The first-order valence-corrected chi connectivity index (χ1v) is 11.5. The first-order valence-electron chi connectivity index (χ1n) is 11.2. The molecule has 4 rings (SSSR count). The molecule has 2 aromatic carbocycles. The van der Waals surface area contributed by atoms with Gasteiger partial charge in [0.25, 0.3) is 0 Å². The van der Waals surface area contributed by atoms with Crippen LogP contribution in [0.2, 0.25) is 5.02 Å². The summed E-state index contributed by atoms with van der Waals surface area (Å²) in [6, 6.07) is 9.56. The van der Waals surface area contributed by atoms with Gasteiger partial charge < -0.3 is 15.2 Å². The highest BCUT2D eigenvalue weighted by atomic mass is 35.5. The lowest BCUT2D eigenvalue weighted by Gasteiger charge is -2.21. The minimum Gasteiger partial charge on any atom is -0.487 e. The van der Waals surface area contributed by atoms with Crippen molar-refractivity contribution in [1.82, 2.24) is 20.5 Å². The second-order valence-corrected chi connectivity index (χ2v) is 8.95. The van der Waals surface area contributed by atoms with Crippen LogP contribution in [-0.2, 0) is 11.4 Å². The highest BCUT2D eigenvalue weighted by molar-refractivity contribution is 6.31. The van der Waals surface area contributed by atoms with Gasteiger partial charge >= 0.3 is 0 Å². The summed E-state index contributed by atoms with van der Waals surface area (Å²) in [7, 11) is 0. The van der Waals surface area contributed by atoms with Crippen molar-refractivity contribution in [2.24, 2.45) is 0 Å². The summed E-state index contributed by atoms with van der Waals surface area (Å²) in [4.78, 5) is 16.7. The normalized spacial score (nSPS) is 13.0. The molecule has 1 amide bonds. The number of carbonyl (C=O) groups excluding carboxylic acids is 1. The molecule has 9 heteroatoms. The highest BCUT2D eigenvalue weighted by Crippen LogP contribution is 2.35. The van der Waals surface area contributed by atoms with Gasteiger partial charge in [-0.3, -0.25) is 9.89 Å². The van der Waals surface area contributed by atoms with Crippen molar-refractivity contribution < 1.29 is 19.0 Å². The summed E-state index contributed by atoms with van der Waals surface area (Å²) < 4.78 is 20.4. The van der Waals surface area contributed by atoms with E-state index in [2.05, 4.69) is 15.5 Å². The van der Waals surface area contributed by atoms with Crippen LogP contribution in [0, 0.1) is 19.7 Å². The number of aromatic nitrogens is 3. The van der Waals surface area contributed by atoms with Crippen molar-refractivity contribution in [3.63, 3.8) is 0 Å². The summed E-state index contributed by atoms with van der Waals surface area (Å²) in [5.74, 6) is -0.564. The van der Waals surface area contributed by atoms with Gasteiger partial charge in [0.15, 0.2) is 0 Å². The molecule has 2 heterocycles. The fraction of sp³-hybridized carbons (Fsp3) is 0.269. The number of pyridine rings is 1. The third-order valence-electron chi connectivity index (χ3n) is 5.80. The third-order valence-corrected chi connectivity index (χ3v) is 6.14. The van der Waals surface area contributed by atoms with Gasteiger partial charge in [-0.15, -0.1) is 0 Å². The Balaban J connectivity index is 1.71. The highest BCUT2D eigenvalue weighted by Gasteiger charge is 2.20. The van der Waals surface area contributed by atoms with Crippen LogP contribution in [0.3, 0.4) is 0 Å². The van der Waals surface area contributed by atoms with Crippen LogP contribution in [0.1, 0.15) is 42.3 Å². The zero-order valence-electron chi connectivity index (χ0n) is 19.8. The number of aliphatic hydroxyl groups excluding tert-OH is 1. The molecule has 0 saturated carbocycles. The van der Waals surface area contributed by atoms with Crippen LogP contribution in [-0.4, -0.2) is 32.3 Å². The SMILES string of the molecule is Cc1cc(-c2[nH]ncc2C)c2cccc(OCc3c(Cl)cc(F)cc3[C@H](C)NC(=O)[C@@H](C)O)c2n1. The number of rotatable bonds is 7. The topological polar surface area (TPSA) is 100 Å². The molecular formula is C26H26ClFN4O3. The van der Waals surface area contributed by atoms with Gasteiger partial charge in [-0.25, -0.2) is 9.37 Å². The molecule has 182 valence electrons. The zero-order chi connectivity index (χ0) is 25.3. The molecule has 0 aliphatic heterocycles. The van der Waals surface area contributed by atoms with Gasteiger partial charge in [0.05, 0.1) is 23.0 Å². The standard InChI is InChI=1S/C26H26ClFN4O3/c1-13-11-29-32-24(13)20-8-14(2)30-25-18(20)6-5-7-23(25)35-12-21-19(9-17(28)10-22(21)27)15(3)31-26(34)16(4)33/h5-11,15-16,33H,12H2,1-4H3,(H,29,32)(H,31,34)/t15-,16+/m0/s1. The van der Waals surface area contributed by atoms with Crippen LogP contribution in [0.5, 0.6) is 5.75 Å². The molecule has 3 N–H and O–H groups in total. The molecular weight excluding hydrogens is 471 g/mol. The van der Waals surface area contributed by atoms with E-state index < -0.39 is 23.9 Å². The number of amides is 1. The number of para-hydroxylation sites is 1. The number of hydrogen-bond acceptors (Lipinski definition) is 5. The maximum absolute atomic E-state index is 14.2. The van der Waals surface area contributed by atoms with Crippen molar-refractivity contribution in [2.45, 2.75) is 46.4 Å². The van der Waals surface area contributed by atoms with Crippen LogP contribution in [0.25, 0.3) is 22.2 Å². The number of hydrogen-bond donors (Lipinski definition) is 3. The molecule has 0 saturated heterocycles. The van der Waals surface area contributed by atoms with Gasteiger partial charge in [-0.1, -0.05) is 23.7 Å². The summed E-state index contributed by atoms with van der Waals surface area (Å²) >= 11 is 6.39. The monoisotopic (exact) mass is 496 g/mol. The Morgan fingerprint density at radius 2 is 2.03 bits per heavy atom. The van der Waals surface area contributed by atoms with Gasteiger partial charge in [-0.05, 0) is 63.1 Å². The van der Waals surface area contributed by atoms with Crippen LogP contribution >= 0.6 is 11.6 Å². The molecule has 0 aliphatic carbocycles. The van der Waals surface area contributed by atoms with E-state index in [1.807, 2.05) is 38.1 Å². The van der Waals surface area contributed by atoms with E-state index in [0.717, 1.165) is 27.9 Å². The molecule has 2 atom stereocenters. The minimum atomic E-state index is -1.20. The van der Waals surface area contributed by atoms with E-state index in [0.29, 0.717) is 22.4 Å². The van der Waals surface area contributed by atoms with E-state index in [9.17, 15) is 14.3 Å². The van der Waals surface area contributed by atoms with Crippen LogP contribution < -0.4 is 10.1 Å². The molecule has 7 nitrogen and oxygen atoms in total. The number of fused-ring (bicyclic) bond motifs is 1. The minimum absolute atomic E-state index is 0.0243. The van der Waals surface area contributed by atoms with Gasteiger partial charge in [0, 0.05) is 22.2 Å². The zero-order valence-corrected chi connectivity index (χ0v) is 20.6. The Bertz CT molecular complexity index is 1400.